The molecule has 0 unspecified atom stereocenters. The maximum atomic E-state index is 13.4. The smallest absolute Gasteiger partial charge is 0.231 e. The fraction of sp³-hybridized carbons (Fsp3) is 0.417. The first-order chi connectivity index (χ1) is 8.07. The summed E-state index contributed by atoms with van der Waals surface area (Å²) < 4.78 is 13.4. The first kappa shape index (κ1) is 12.3. The molecular formula is C12H14ClFN2O. The standard InChI is InChI=1S/C12H14ClFN2O/c1-15-7-12(4-5-12)11(17)16-10-6-8(13)2-3-9(10)14/h2-3,6,15H,4-5,7H2,1H3,(H,16,17). The van der Waals surface area contributed by atoms with Crippen molar-refractivity contribution in [3.05, 3.63) is 29.0 Å². The number of carbonyl (C=O) groups excluding carboxylic acids is 1. The summed E-state index contributed by atoms with van der Waals surface area (Å²) in [7, 11) is 1.80. The Morgan fingerprint density at radius 2 is 2.24 bits per heavy atom. The molecule has 17 heavy (non-hydrogen) atoms. The molecule has 1 amide bonds. The SMILES string of the molecule is CNCC1(C(=O)Nc2cc(Cl)ccc2F)CC1. The molecule has 0 atom stereocenters. The largest absolute Gasteiger partial charge is 0.323 e. The van der Waals surface area contributed by atoms with Gasteiger partial charge in [-0.15, -0.1) is 0 Å². The maximum Gasteiger partial charge on any atom is 0.231 e. The first-order valence-corrected chi connectivity index (χ1v) is 5.86. The summed E-state index contributed by atoms with van der Waals surface area (Å²) >= 11 is 5.76. The van der Waals surface area contributed by atoms with E-state index in [2.05, 4.69) is 10.6 Å². The number of carbonyl (C=O) groups is 1. The molecule has 0 radical (unpaired) electrons. The van der Waals surface area contributed by atoms with Crippen molar-refractivity contribution in [2.75, 3.05) is 18.9 Å². The van der Waals surface area contributed by atoms with E-state index in [0.29, 0.717) is 11.6 Å². The molecule has 0 heterocycles. The Kier molecular flexibility index (Phi) is 3.35. The van der Waals surface area contributed by atoms with Crippen LogP contribution in [-0.4, -0.2) is 19.5 Å². The van der Waals surface area contributed by atoms with Crippen LogP contribution in [0.15, 0.2) is 18.2 Å². The number of amides is 1. The number of rotatable bonds is 4. The van der Waals surface area contributed by atoms with Gasteiger partial charge < -0.3 is 10.6 Å². The van der Waals surface area contributed by atoms with Gasteiger partial charge >= 0.3 is 0 Å². The lowest BCUT2D eigenvalue weighted by Gasteiger charge is -2.15. The average Bonchev–Trinajstić information content (AvgIpc) is 3.05. The third-order valence-electron chi connectivity index (χ3n) is 3.03. The van der Waals surface area contributed by atoms with Gasteiger partial charge in [-0.25, -0.2) is 4.39 Å². The van der Waals surface area contributed by atoms with Crippen LogP contribution < -0.4 is 10.6 Å². The highest BCUT2D eigenvalue weighted by molar-refractivity contribution is 6.30. The number of anilines is 1. The molecule has 1 aliphatic rings. The van der Waals surface area contributed by atoms with Crippen molar-refractivity contribution in [3.63, 3.8) is 0 Å². The van der Waals surface area contributed by atoms with E-state index in [0.717, 1.165) is 12.8 Å². The molecule has 1 aromatic carbocycles. The van der Waals surface area contributed by atoms with E-state index in [-0.39, 0.29) is 17.0 Å². The van der Waals surface area contributed by atoms with Gasteiger partial charge in [-0.3, -0.25) is 4.79 Å². The fourth-order valence-corrected chi connectivity index (χ4v) is 1.99. The van der Waals surface area contributed by atoms with Crippen molar-refractivity contribution in [1.82, 2.24) is 5.32 Å². The summed E-state index contributed by atoms with van der Waals surface area (Å²) in [5, 5.41) is 5.99. The zero-order valence-electron chi connectivity index (χ0n) is 9.52. The summed E-state index contributed by atoms with van der Waals surface area (Å²) in [5.41, 5.74) is -0.228. The number of halogens is 2. The van der Waals surface area contributed by atoms with Crippen molar-refractivity contribution in [3.8, 4) is 0 Å². The Hall–Kier alpha value is -1.13. The molecular weight excluding hydrogens is 243 g/mol. The Bertz CT molecular complexity index is 446. The highest BCUT2D eigenvalue weighted by Gasteiger charge is 2.49. The molecule has 0 saturated heterocycles. The van der Waals surface area contributed by atoms with Gasteiger partial charge in [-0.05, 0) is 38.1 Å². The molecule has 5 heteroatoms. The molecule has 1 saturated carbocycles. The maximum absolute atomic E-state index is 13.4. The minimum Gasteiger partial charge on any atom is -0.323 e. The van der Waals surface area contributed by atoms with Gasteiger partial charge in [-0.1, -0.05) is 11.6 Å². The second-order valence-electron chi connectivity index (χ2n) is 4.39. The summed E-state index contributed by atoms with van der Waals surface area (Å²) in [4.78, 5) is 12.0. The van der Waals surface area contributed by atoms with Crippen molar-refractivity contribution >= 4 is 23.2 Å². The van der Waals surface area contributed by atoms with Crippen LogP contribution >= 0.6 is 11.6 Å². The van der Waals surface area contributed by atoms with Crippen LogP contribution in [-0.2, 0) is 4.79 Å². The van der Waals surface area contributed by atoms with Crippen LogP contribution in [0.2, 0.25) is 5.02 Å². The van der Waals surface area contributed by atoms with E-state index < -0.39 is 5.82 Å². The summed E-state index contributed by atoms with van der Waals surface area (Å²) in [6, 6.07) is 4.12. The van der Waals surface area contributed by atoms with Crippen LogP contribution in [0, 0.1) is 11.2 Å². The molecule has 1 aromatic rings. The number of nitrogens with one attached hydrogen (secondary N) is 2. The third kappa shape index (κ3) is 2.58. The van der Waals surface area contributed by atoms with Crippen molar-refractivity contribution < 1.29 is 9.18 Å². The van der Waals surface area contributed by atoms with Crippen molar-refractivity contribution in [2.24, 2.45) is 5.41 Å². The molecule has 2 N–H and O–H groups in total. The second-order valence-corrected chi connectivity index (χ2v) is 4.83. The lowest BCUT2D eigenvalue weighted by Crippen LogP contribution is -2.32. The lowest BCUT2D eigenvalue weighted by molar-refractivity contribution is -0.121. The van der Waals surface area contributed by atoms with E-state index >= 15 is 0 Å². The van der Waals surface area contributed by atoms with Gasteiger partial charge in [-0.2, -0.15) is 0 Å². The van der Waals surface area contributed by atoms with Crippen LogP contribution in [0.5, 0.6) is 0 Å². The Labute approximate surface area is 104 Å². The molecule has 0 bridgehead atoms. The molecule has 1 fully saturated rings. The van der Waals surface area contributed by atoms with Crippen LogP contribution in [0.1, 0.15) is 12.8 Å². The van der Waals surface area contributed by atoms with Gasteiger partial charge in [0.2, 0.25) is 5.91 Å². The Morgan fingerprint density at radius 1 is 1.53 bits per heavy atom. The van der Waals surface area contributed by atoms with Crippen LogP contribution in [0.3, 0.4) is 0 Å². The van der Waals surface area contributed by atoms with Gasteiger partial charge in [0.15, 0.2) is 0 Å². The normalized spacial score (nSPS) is 16.6. The van der Waals surface area contributed by atoms with Crippen molar-refractivity contribution in [1.29, 1.82) is 0 Å². The first-order valence-electron chi connectivity index (χ1n) is 5.48. The minimum absolute atomic E-state index is 0.143. The molecule has 0 aromatic heterocycles. The molecule has 3 nitrogen and oxygen atoms in total. The highest BCUT2D eigenvalue weighted by Crippen LogP contribution is 2.46. The van der Waals surface area contributed by atoms with Crippen LogP contribution in [0.25, 0.3) is 0 Å². The van der Waals surface area contributed by atoms with E-state index in [9.17, 15) is 9.18 Å². The van der Waals surface area contributed by atoms with Gasteiger partial charge in [0.1, 0.15) is 5.82 Å². The van der Waals surface area contributed by atoms with E-state index in [1.807, 2.05) is 0 Å². The topological polar surface area (TPSA) is 41.1 Å². The zero-order valence-corrected chi connectivity index (χ0v) is 10.3. The quantitative estimate of drug-likeness (QED) is 0.869. The lowest BCUT2D eigenvalue weighted by atomic mass is 10.1. The number of hydrogen-bond acceptors (Lipinski definition) is 2. The highest BCUT2D eigenvalue weighted by atomic mass is 35.5. The summed E-state index contributed by atoms with van der Waals surface area (Å²) in [5.74, 6) is -0.615. The predicted molar refractivity (Wildman–Crippen MR) is 65.6 cm³/mol. The fourth-order valence-electron chi connectivity index (χ4n) is 1.82. The van der Waals surface area contributed by atoms with Gasteiger partial charge in [0.05, 0.1) is 11.1 Å². The van der Waals surface area contributed by atoms with Gasteiger partial charge in [0.25, 0.3) is 0 Å². The minimum atomic E-state index is -0.469. The molecule has 0 spiro atoms. The zero-order chi connectivity index (χ0) is 12.5. The van der Waals surface area contributed by atoms with E-state index in [1.54, 1.807) is 7.05 Å². The van der Waals surface area contributed by atoms with Crippen molar-refractivity contribution in [2.45, 2.75) is 12.8 Å². The average molecular weight is 257 g/mol. The van der Waals surface area contributed by atoms with Gasteiger partial charge in [0, 0.05) is 11.6 Å². The second kappa shape index (κ2) is 4.63. The Balaban J connectivity index is 2.11. The molecule has 2 rings (SSSR count). The number of hydrogen-bond donors (Lipinski definition) is 2. The molecule has 0 aliphatic heterocycles. The molecule has 92 valence electrons. The van der Waals surface area contributed by atoms with E-state index in [1.165, 1.54) is 18.2 Å². The van der Waals surface area contributed by atoms with E-state index in [4.69, 9.17) is 11.6 Å². The molecule has 1 aliphatic carbocycles. The number of benzene rings is 1. The summed E-state index contributed by atoms with van der Waals surface area (Å²) in [6.07, 6.45) is 1.67. The Morgan fingerprint density at radius 3 is 2.82 bits per heavy atom. The monoisotopic (exact) mass is 256 g/mol. The predicted octanol–water partition coefficient (Wildman–Crippen LogP) is 2.42. The van der Waals surface area contributed by atoms with Crippen LogP contribution in [0.4, 0.5) is 10.1 Å². The third-order valence-corrected chi connectivity index (χ3v) is 3.26. The summed E-state index contributed by atoms with van der Waals surface area (Å²) in [6.45, 7) is 0.612.